The van der Waals surface area contributed by atoms with E-state index in [0.29, 0.717) is 43.9 Å². The van der Waals surface area contributed by atoms with Crippen LogP contribution in [0.3, 0.4) is 0 Å². The smallest absolute Gasteiger partial charge is 0.253 e. The number of carbonyl (C=O) groups is 4. The van der Waals surface area contributed by atoms with Gasteiger partial charge in [-0.1, -0.05) is 65.8 Å². The molecule has 0 radical (unpaired) electrons. The topological polar surface area (TPSA) is 96.5 Å². The second kappa shape index (κ2) is 16.1. The van der Waals surface area contributed by atoms with Gasteiger partial charge in [-0.3, -0.25) is 29.0 Å². The minimum Gasteiger partial charge on any atom is -0.352 e. The molecule has 48 heavy (non-hydrogen) atoms. The van der Waals surface area contributed by atoms with E-state index >= 15 is 0 Å². The van der Waals surface area contributed by atoms with Crippen LogP contribution in [-0.2, 0) is 22.7 Å². The molecule has 0 unspecified atom stereocenters. The molecule has 2 aliphatic heterocycles. The molecule has 2 heterocycles. The van der Waals surface area contributed by atoms with Crippen molar-refractivity contribution in [3.63, 3.8) is 0 Å². The molecule has 0 spiro atoms. The molecule has 2 fully saturated rings. The largest absolute Gasteiger partial charge is 0.352 e. The van der Waals surface area contributed by atoms with Crippen LogP contribution in [0.5, 0.6) is 0 Å². The number of hydrogen-bond acceptors (Lipinski definition) is 6. The summed E-state index contributed by atoms with van der Waals surface area (Å²) in [7, 11) is 0. The van der Waals surface area contributed by atoms with Crippen molar-refractivity contribution in [2.45, 2.75) is 61.6 Å². The van der Waals surface area contributed by atoms with Crippen molar-refractivity contribution in [2.75, 3.05) is 72.0 Å². The lowest BCUT2D eigenvalue weighted by Crippen LogP contribution is -2.50. The predicted octanol–water partition coefficient (Wildman–Crippen LogP) is 3.96. The van der Waals surface area contributed by atoms with E-state index in [0.717, 1.165) is 63.5 Å². The molecule has 1 N–H and O–H groups in total. The zero-order valence-electron chi connectivity index (χ0n) is 30.2. The first-order chi connectivity index (χ1) is 22.6. The maximum absolute atomic E-state index is 13.1. The van der Waals surface area contributed by atoms with Crippen molar-refractivity contribution in [3.8, 4) is 0 Å². The second-order valence-corrected chi connectivity index (χ2v) is 15.5. The molecule has 262 valence electrons. The van der Waals surface area contributed by atoms with Crippen molar-refractivity contribution >= 4 is 23.6 Å². The molecule has 10 heteroatoms. The molecule has 0 atom stereocenters. The van der Waals surface area contributed by atoms with E-state index in [1.54, 1.807) is 6.92 Å². The molecule has 2 saturated heterocycles. The third kappa shape index (κ3) is 10.9. The molecule has 2 aromatic rings. The Morgan fingerprint density at radius 1 is 0.667 bits per heavy atom. The molecular weight excluding hydrogens is 604 g/mol. The number of rotatable bonds is 10. The van der Waals surface area contributed by atoms with Gasteiger partial charge in [-0.2, -0.15) is 0 Å². The Hall–Kier alpha value is -3.76. The lowest BCUT2D eigenvalue weighted by molar-refractivity contribution is -0.130. The van der Waals surface area contributed by atoms with Gasteiger partial charge in [-0.05, 0) is 40.8 Å². The molecule has 2 aliphatic rings. The Balaban J connectivity index is 1.20. The normalized spacial score (nSPS) is 16.5. The molecular formula is C38H56N6O4. The number of benzene rings is 2. The zero-order valence-corrected chi connectivity index (χ0v) is 30.2. The zero-order chi connectivity index (χ0) is 35.1. The summed E-state index contributed by atoms with van der Waals surface area (Å²) in [4.78, 5) is 61.4. The van der Waals surface area contributed by atoms with E-state index in [1.807, 2.05) is 84.0 Å². The van der Waals surface area contributed by atoms with Crippen molar-refractivity contribution < 1.29 is 19.2 Å². The average molecular weight is 661 g/mol. The van der Waals surface area contributed by atoms with E-state index in [9.17, 15) is 19.2 Å². The number of nitrogens with zero attached hydrogens (tertiary/aromatic N) is 5. The van der Waals surface area contributed by atoms with Crippen molar-refractivity contribution in [1.82, 2.24) is 29.8 Å². The van der Waals surface area contributed by atoms with E-state index < -0.39 is 5.41 Å². The maximum atomic E-state index is 13.1. The average Bonchev–Trinajstić information content (AvgIpc) is 3.04. The summed E-state index contributed by atoms with van der Waals surface area (Å²) >= 11 is 0. The Morgan fingerprint density at radius 2 is 1.12 bits per heavy atom. The first kappa shape index (κ1) is 37.1. The van der Waals surface area contributed by atoms with Gasteiger partial charge in [-0.25, -0.2) is 0 Å². The van der Waals surface area contributed by atoms with Gasteiger partial charge in [0.25, 0.3) is 11.8 Å². The minimum atomic E-state index is -0.444. The quantitative estimate of drug-likeness (QED) is 0.415. The Kier molecular flexibility index (Phi) is 12.4. The van der Waals surface area contributed by atoms with Crippen LogP contribution in [0, 0.1) is 10.8 Å². The number of nitrogens with one attached hydrogen (secondary N) is 1. The predicted molar refractivity (Wildman–Crippen MR) is 189 cm³/mol. The van der Waals surface area contributed by atoms with Crippen LogP contribution in [0.25, 0.3) is 0 Å². The highest BCUT2D eigenvalue weighted by molar-refractivity contribution is 5.95. The Labute approximate surface area is 287 Å². The standard InChI is InChI=1S/C38H56N6O4/c1-29(45)44(27-31-10-14-33(15-11-31)35(47)43-23-19-41(20-24-43)28-37(2,3)4)25-18-40-16-21-42(22-17-40)34(46)32-12-8-30(9-13-32)26-39-36(48)38(5,6)7/h8-15H,16-28H2,1-7H3,(H,39,48). The van der Waals surface area contributed by atoms with Crippen molar-refractivity contribution in [1.29, 1.82) is 0 Å². The highest BCUT2D eigenvalue weighted by Gasteiger charge is 2.26. The minimum absolute atomic E-state index is 0.00879. The van der Waals surface area contributed by atoms with Crippen LogP contribution in [0.1, 0.15) is 80.3 Å². The fourth-order valence-electron chi connectivity index (χ4n) is 6.12. The number of amides is 4. The molecule has 0 saturated carbocycles. The molecule has 10 nitrogen and oxygen atoms in total. The van der Waals surface area contributed by atoms with Crippen LogP contribution in [0.4, 0.5) is 0 Å². The summed E-state index contributed by atoms with van der Waals surface area (Å²) in [5, 5.41) is 2.94. The molecule has 0 aliphatic carbocycles. The number of piperazine rings is 2. The van der Waals surface area contributed by atoms with Crippen LogP contribution in [0.15, 0.2) is 48.5 Å². The van der Waals surface area contributed by atoms with Crippen LogP contribution < -0.4 is 5.32 Å². The van der Waals surface area contributed by atoms with Gasteiger partial charge in [0.05, 0.1) is 0 Å². The van der Waals surface area contributed by atoms with Crippen molar-refractivity contribution in [2.24, 2.45) is 10.8 Å². The van der Waals surface area contributed by atoms with E-state index in [1.165, 1.54) is 0 Å². The van der Waals surface area contributed by atoms with Crippen LogP contribution in [0.2, 0.25) is 0 Å². The molecule has 0 bridgehead atoms. The lowest BCUT2D eigenvalue weighted by Gasteiger charge is -2.37. The van der Waals surface area contributed by atoms with E-state index in [4.69, 9.17) is 0 Å². The highest BCUT2D eigenvalue weighted by Crippen LogP contribution is 2.18. The first-order valence-corrected chi connectivity index (χ1v) is 17.3. The summed E-state index contributed by atoms with van der Waals surface area (Å²) in [6.45, 7) is 23.3. The van der Waals surface area contributed by atoms with E-state index in [-0.39, 0.29) is 29.0 Å². The highest BCUT2D eigenvalue weighted by atomic mass is 16.2. The fraction of sp³-hybridized carbons (Fsp3) is 0.579. The number of hydrogen-bond donors (Lipinski definition) is 1. The monoisotopic (exact) mass is 660 g/mol. The fourth-order valence-corrected chi connectivity index (χ4v) is 6.12. The van der Waals surface area contributed by atoms with Gasteiger partial charge in [0, 0.05) is 109 Å². The van der Waals surface area contributed by atoms with Gasteiger partial charge < -0.3 is 20.0 Å². The summed E-state index contributed by atoms with van der Waals surface area (Å²) < 4.78 is 0. The summed E-state index contributed by atoms with van der Waals surface area (Å²) in [5.74, 6) is 0.0793. The van der Waals surface area contributed by atoms with Gasteiger partial charge in [0.1, 0.15) is 0 Å². The summed E-state index contributed by atoms with van der Waals surface area (Å²) in [5.41, 5.74) is 3.08. The van der Waals surface area contributed by atoms with Gasteiger partial charge in [0.2, 0.25) is 11.8 Å². The van der Waals surface area contributed by atoms with Crippen LogP contribution >= 0.6 is 0 Å². The lowest BCUT2D eigenvalue weighted by atomic mass is 9.95. The Bertz CT molecular complexity index is 1390. The van der Waals surface area contributed by atoms with Gasteiger partial charge in [-0.15, -0.1) is 0 Å². The molecule has 0 aromatic heterocycles. The van der Waals surface area contributed by atoms with Gasteiger partial charge in [0.15, 0.2) is 0 Å². The summed E-state index contributed by atoms with van der Waals surface area (Å²) in [6.07, 6.45) is 0. The van der Waals surface area contributed by atoms with Gasteiger partial charge >= 0.3 is 0 Å². The molecule has 2 aromatic carbocycles. The Morgan fingerprint density at radius 3 is 1.56 bits per heavy atom. The SMILES string of the molecule is CC(=O)N(CCN1CCN(C(=O)c2ccc(CNC(=O)C(C)(C)C)cc2)CC1)Cc1ccc(C(=O)N2CCN(CC(C)(C)C)CC2)cc1. The maximum Gasteiger partial charge on any atom is 0.253 e. The third-order valence-corrected chi connectivity index (χ3v) is 9.06. The third-order valence-electron chi connectivity index (χ3n) is 9.06. The first-order valence-electron chi connectivity index (χ1n) is 17.3. The summed E-state index contributed by atoms with van der Waals surface area (Å²) in [6, 6.07) is 15.1. The molecule has 4 rings (SSSR count). The van der Waals surface area contributed by atoms with Crippen molar-refractivity contribution in [3.05, 3.63) is 70.8 Å². The number of carbonyl (C=O) groups excluding carboxylic acids is 4. The van der Waals surface area contributed by atoms with Crippen LogP contribution in [-0.4, -0.2) is 120 Å². The second-order valence-electron chi connectivity index (χ2n) is 15.5. The molecule has 4 amide bonds. The van der Waals surface area contributed by atoms with E-state index in [2.05, 4.69) is 35.9 Å².